The molecule has 2 N–H and O–H groups in total. The molecule has 1 saturated carbocycles. The van der Waals surface area contributed by atoms with Crippen LogP contribution in [-0.2, 0) is 14.3 Å². The lowest BCUT2D eigenvalue weighted by atomic mass is 9.88. The number of carbonyl (C=O) groups is 2. The lowest BCUT2D eigenvalue weighted by Gasteiger charge is -2.31. The monoisotopic (exact) mass is 294 g/mol. The summed E-state index contributed by atoms with van der Waals surface area (Å²) in [6.07, 6.45) is 8.60. The van der Waals surface area contributed by atoms with E-state index in [-0.39, 0.29) is 11.9 Å². The van der Waals surface area contributed by atoms with E-state index in [9.17, 15) is 9.59 Å². The predicted molar refractivity (Wildman–Crippen MR) is 78.6 cm³/mol. The highest BCUT2D eigenvalue weighted by atomic mass is 16.5. The highest BCUT2D eigenvalue weighted by Gasteiger charge is 2.44. The van der Waals surface area contributed by atoms with Gasteiger partial charge in [0, 0.05) is 18.5 Å². The molecule has 21 heavy (non-hydrogen) atoms. The Balaban J connectivity index is 1.56. The first-order valence-corrected chi connectivity index (χ1v) is 8.27. The van der Waals surface area contributed by atoms with Gasteiger partial charge in [0.1, 0.15) is 5.54 Å². The van der Waals surface area contributed by atoms with Crippen molar-refractivity contribution in [3.8, 4) is 0 Å². The van der Waals surface area contributed by atoms with Crippen molar-refractivity contribution >= 4 is 11.9 Å². The van der Waals surface area contributed by atoms with Crippen molar-refractivity contribution in [2.75, 3.05) is 7.11 Å². The molecule has 5 nitrogen and oxygen atoms in total. The molecule has 2 aliphatic heterocycles. The molecule has 2 saturated heterocycles. The molecule has 0 radical (unpaired) electrons. The molecule has 0 aromatic carbocycles. The molecule has 2 atom stereocenters. The van der Waals surface area contributed by atoms with Crippen LogP contribution in [0.15, 0.2) is 0 Å². The first-order valence-electron chi connectivity index (χ1n) is 8.27. The number of rotatable bonds is 4. The maximum Gasteiger partial charge on any atom is 0.331 e. The third-order valence-electron chi connectivity index (χ3n) is 5.46. The standard InChI is InChI=1S/C16H26N2O3/c1-21-15(20)16(6-2-3-7-16)18-14(19)10-11-8-12-4-5-13(9-11)17-12/h11-13,17H,2-10H2,1H3,(H,18,19). The van der Waals surface area contributed by atoms with E-state index in [0.29, 0.717) is 37.3 Å². The number of hydrogen-bond donors (Lipinski definition) is 2. The molecule has 1 aliphatic carbocycles. The minimum Gasteiger partial charge on any atom is -0.467 e. The van der Waals surface area contributed by atoms with Gasteiger partial charge in [-0.05, 0) is 44.4 Å². The van der Waals surface area contributed by atoms with Crippen molar-refractivity contribution in [2.45, 2.75) is 75.4 Å². The van der Waals surface area contributed by atoms with Crippen LogP contribution in [0.4, 0.5) is 0 Å². The van der Waals surface area contributed by atoms with Crippen molar-refractivity contribution < 1.29 is 14.3 Å². The molecule has 2 unspecified atom stereocenters. The fourth-order valence-corrected chi connectivity index (χ4v) is 4.48. The van der Waals surface area contributed by atoms with Crippen LogP contribution in [0.1, 0.15) is 57.8 Å². The number of nitrogens with one attached hydrogen (secondary N) is 2. The summed E-state index contributed by atoms with van der Waals surface area (Å²) in [5, 5.41) is 6.60. The second-order valence-electron chi connectivity index (χ2n) is 7.01. The van der Waals surface area contributed by atoms with Gasteiger partial charge in [-0.25, -0.2) is 4.79 Å². The minimum atomic E-state index is -0.752. The van der Waals surface area contributed by atoms with Crippen LogP contribution >= 0.6 is 0 Å². The summed E-state index contributed by atoms with van der Waals surface area (Å²) < 4.78 is 4.91. The van der Waals surface area contributed by atoms with Crippen molar-refractivity contribution in [1.82, 2.24) is 10.6 Å². The number of methoxy groups -OCH3 is 1. The highest BCUT2D eigenvalue weighted by Crippen LogP contribution is 2.34. The first kappa shape index (κ1) is 14.8. The Morgan fingerprint density at radius 1 is 1.19 bits per heavy atom. The van der Waals surface area contributed by atoms with Crippen LogP contribution in [0.25, 0.3) is 0 Å². The van der Waals surface area contributed by atoms with Gasteiger partial charge in [-0.3, -0.25) is 4.79 Å². The molecule has 3 rings (SSSR count). The average molecular weight is 294 g/mol. The third kappa shape index (κ3) is 3.07. The zero-order valence-corrected chi connectivity index (χ0v) is 12.8. The lowest BCUT2D eigenvalue weighted by molar-refractivity contribution is -0.151. The average Bonchev–Trinajstić information content (AvgIpc) is 3.05. The second kappa shape index (κ2) is 5.95. The number of esters is 1. The zero-order valence-electron chi connectivity index (χ0n) is 12.8. The maximum absolute atomic E-state index is 12.4. The summed E-state index contributed by atoms with van der Waals surface area (Å²) in [5.74, 6) is 0.201. The number of carbonyl (C=O) groups excluding carboxylic acids is 2. The van der Waals surface area contributed by atoms with Crippen LogP contribution in [-0.4, -0.2) is 36.6 Å². The normalized spacial score (nSPS) is 33.7. The summed E-state index contributed by atoms with van der Waals surface area (Å²) in [6, 6.07) is 1.20. The molecule has 2 bridgehead atoms. The Labute approximate surface area is 126 Å². The molecule has 0 aromatic heterocycles. The largest absolute Gasteiger partial charge is 0.467 e. The second-order valence-corrected chi connectivity index (χ2v) is 7.01. The summed E-state index contributed by atoms with van der Waals surface area (Å²) >= 11 is 0. The summed E-state index contributed by atoms with van der Waals surface area (Å²) in [5.41, 5.74) is -0.752. The molecular weight excluding hydrogens is 268 g/mol. The number of amides is 1. The van der Waals surface area contributed by atoms with E-state index < -0.39 is 5.54 Å². The molecular formula is C16H26N2O3. The van der Waals surface area contributed by atoms with Crippen molar-refractivity contribution in [3.05, 3.63) is 0 Å². The maximum atomic E-state index is 12.4. The smallest absolute Gasteiger partial charge is 0.331 e. The van der Waals surface area contributed by atoms with E-state index in [4.69, 9.17) is 4.74 Å². The zero-order chi connectivity index (χ0) is 14.9. The van der Waals surface area contributed by atoms with Gasteiger partial charge in [-0.15, -0.1) is 0 Å². The van der Waals surface area contributed by atoms with Crippen LogP contribution in [0.3, 0.4) is 0 Å². The number of fused-ring (bicyclic) bond motifs is 2. The molecule has 3 aliphatic rings. The number of ether oxygens (including phenoxy) is 1. The SMILES string of the molecule is COC(=O)C1(NC(=O)CC2CC3CCC(C2)N3)CCCC1. The van der Waals surface area contributed by atoms with Gasteiger partial charge in [0.2, 0.25) is 5.91 Å². The summed E-state index contributed by atoms with van der Waals surface area (Å²) in [7, 11) is 1.40. The van der Waals surface area contributed by atoms with Crippen LogP contribution in [0.2, 0.25) is 0 Å². The highest BCUT2D eigenvalue weighted by molar-refractivity contribution is 5.88. The lowest BCUT2D eigenvalue weighted by Crippen LogP contribution is -2.53. The summed E-state index contributed by atoms with van der Waals surface area (Å²) in [6.45, 7) is 0. The van der Waals surface area contributed by atoms with Gasteiger partial charge in [-0.1, -0.05) is 12.8 Å². The van der Waals surface area contributed by atoms with E-state index >= 15 is 0 Å². The van der Waals surface area contributed by atoms with E-state index in [1.54, 1.807) is 0 Å². The van der Waals surface area contributed by atoms with Gasteiger partial charge in [0.05, 0.1) is 7.11 Å². The fourth-order valence-electron chi connectivity index (χ4n) is 4.48. The van der Waals surface area contributed by atoms with Crippen molar-refractivity contribution in [3.63, 3.8) is 0 Å². The van der Waals surface area contributed by atoms with Gasteiger partial charge < -0.3 is 15.4 Å². The van der Waals surface area contributed by atoms with Gasteiger partial charge in [0.15, 0.2) is 0 Å². The molecule has 3 fully saturated rings. The first-order chi connectivity index (χ1) is 10.1. The van der Waals surface area contributed by atoms with Crippen LogP contribution in [0, 0.1) is 5.92 Å². The molecule has 2 heterocycles. The predicted octanol–water partition coefficient (Wildman–Crippen LogP) is 1.51. The van der Waals surface area contributed by atoms with Gasteiger partial charge >= 0.3 is 5.97 Å². The molecule has 0 aromatic rings. The molecule has 5 heteroatoms. The molecule has 118 valence electrons. The van der Waals surface area contributed by atoms with Crippen LogP contribution < -0.4 is 10.6 Å². The fraction of sp³-hybridized carbons (Fsp3) is 0.875. The van der Waals surface area contributed by atoms with Gasteiger partial charge in [0.25, 0.3) is 0 Å². The Morgan fingerprint density at radius 2 is 1.81 bits per heavy atom. The summed E-state index contributed by atoms with van der Waals surface area (Å²) in [4.78, 5) is 24.4. The molecule has 0 spiro atoms. The van der Waals surface area contributed by atoms with E-state index in [2.05, 4.69) is 10.6 Å². The molecule has 1 amide bonds. The third-order valence-corrected chi connectivity index (χ3v) is 5.46. The van der Waals surface area contributed by atoms with E-state index in [0.717, 1.165) is 25.7 Å². The Hall–Kier alpha value is -1.10. The number of piperidine rings is 1. The topological polar surface area (TPSA) is 67.4 Å². The minimum absolute atomic E-state index is 0.0219. The van der Waals surface area contributed by atoms with E-state index in [1.807, 2.05) is 0 Å². The Kier molecular flexibility index (Phi) is 4.20. The van der Waals surface area contributed by atoms with E-state index in [1.165, 1.54) is 20.0 Å². The quantitative estimate of drug-likeness (QED) is 0.771. The van der Waals surface area contributed by atoms with Crippen molar-refractivity contribution in [2.24, 2.45) is 5.92 Å². The number of hydrogen-bond acceptors (Lipinski definition) is 4. The van der Waals surface area contributed by atoms with Crippen molar-refractivity contribution in [1.29, 1.82) is 0 Å². The van der Waals surface area contributed by atoms with Crippen LogP contribution in [0.5, 0.6) is 0 Å². The Bertz CT molecular complexity index is 406. The van der Waals surface area contributed by atoms with Gasteiger partial charge in [-0.2, -0.15) is 0 Å². The Morgan fingerprint density at radius 3 is 2.38 bits per heavy atom.